The Morgan fingerprint density at radius 3 is 2.46 bits per heavy atom. The van der Waals surface area contributed by atoms with Gasteiger partial charge in [0, 0.05) is 5.56 Å². The van der Waals surface area contributed by atoms with Crippen LogP contribution in [0.15, 0.2) is 48.5 Å². The molecule has 6 heteroatoms. The zero-order chi connectivity index (χ0) is 17.6. The maximum Gasteiger partial charge on any atom is 0.416 e. The summed E-state index contributed by atoms with van der Waals surface area (Å²) in [6.07, 6.45) is -4.34. The lowest BCUT2D eigenvalue weighted by atomic mass is 10.1. The maximum atomic E-state index is 12.7. The Hall–Kier alpha value is -2.81. The molecule has 24 heavy (non-hydrogen) atoms. The first-order valence-corrected chi connectivity index (χ1v) is 7.02. The second-order valence-electron chi connectivity index (χ2n) is 4.96. The Bertz CT molecular complexity index is 770. The molecule has 0 atom stereocenters. The number of alkyl halides is 3. The molecule has 2 aromatic rings. The SMILES string of the molecule is O=C(Cc1ccc(F)cc1)NCC#Cc1cccc(C(F)(F)F)c1. The fourth-order valence-corrected chi connectivity index (χ4v) is 1.91. The monoisotopic (exact) mass is 335 g/mol. The molecule has 2 nitrogen and oxygen atoms in total. The van der Waals surface area contributed by atoms with Gasteiger partial charge in [-0.2, -0.15) is 13.2 Å². The van der Waals surface area contributed by atoms with E-state index in [2.05, 4.69) is 17.2 Å². The molecule has 0 aliphatic carbocycles. The van der Waals surface area contributed by atoms with Gasteiger partial charge in [-0.3, -0.25) is 4.79 Å². The van der Waals surface area contributed by atoms with E-state index in [1.165, 1.54) is 36.4 Å². The van der Waals surface area contributed by atoms with Crippen LogP contribution in [0, 0.1) is 17.7 Å². The zero-order valence-electron chi connectivity index (χ0n) is 12.5. The van der Waals surface area contributed by atoms with Gasteiger partial charge in [0.1, 0.15) is 5.82 Å². The van der Waals surface area contributed by atoms with Crippen molar-refractivity contribution in [1.82, 2.24) is 5.32 Å². The summed E-state index contributed by atoms with van der Waals surface area (Å²) in [7, 11) is 0. The molecule has 0 aliphatic heterocycles. The third-order valence-corrected chi connectivity index (χ3v) is 3.07. The number of rotatable bonds is 3. The number of benzene rings is 2. The highest BCUT2D eigenvalue weighted by molar-refractivity contribution is 5.78. The summed E-state index contributed by atoms with van der Waals surface area (Å²) < 4.78 is 50.4. The predicted molar refractivity (Wildman–Crippen MR) is 81.4 cm³/mol. The standard InChI is InChI=1S/C18H13F4NO/c19-16-8-6-14(7-9-16)12-17(24)23-10-2-4-13-3-1-5-15(11-13)18(20,21)22/h1,3,5-9,11H,10,12H2,(H,23,24). The summed E-state index contributed by atoms with van der Waals surface area (Å²) in [5.74, 6) is 4.48. The fraction of sp³-hybridized carbons (Fsp3) is 0.167. The first-order valence-electron chi connectivity index (χ1n) is 7.02. The molecule has 124 valence electrons. The summed E-state index contributed by atoms with van der Waals surface area (Å²) in [5, 5.41) is 2.53. The lowest BCUT2D eigenvalue weighted by molar-refractivity contribution is -0.137. The molecule has 2 aromatic carbocycles. The fourth-order valence-electron chi connectivity index (χ4n) is 1.91. The Balaban J connectivity index is 1.87. The Morgan fingerprint density at radius 2 is 1.79 bits per heavy atom. The van der Waals surface area contributed by atoms with Crippen molar-refractivity contribution < 1.29 is 22.4 Å². The molecule has 1 amide bonds. The van der Waals surface area contributed by atoms with Crippen LogP contribution < -0.4 is 5.32 Å². The number of hydrogen-bond donors (Lipinski definition) is 1. The number of amides is 1. The topological polar surface area (TPSA) is 29.1 Å². The lowest BCUT2D eigenvalue weighted by Crippen LogP contribution is -2.25. The summed E-state index contributed by atoms with van der Waals surface area (Å²) in [4.78, 5) is 11.7. The zero-order valence-corrected chi connectivity index (χ0v) is 12.5. The first-order chi connectivity index (χ1) is 11.3. The largest absolute Gasteiger partial charge is 0.416 e. The van der Waals surface area contributed by atoms with E-state index >= 15 is 0 Å². The number of carbonyl (C=O) groups excluding carboxylic acids is 1. The Kier molecular flexibility index (Phi) is 5.59. The molecular formula is C18H13F4NO. The second-order valence-corrected chi connectivity index (χ2v) is 4.96. The summed E-state index contributed by atoms with van der Waals surface area (Å²) in [6, 6.07) is 10.2. The summed E-state index contributed by atoms with van der Waals surface area (Å²) in [5.41, 5.74) is 0.104. The number of carbonyl (C=O) groups is 1. The van der Waals surface area contributed by atoms with Crippen LogP contribution in [0.5, 0.6) is 0 Å². The molecule has 0 heterocycles. The first kappa shape index (κ1) is 17.5. The van der Waals surface area contributed by atoms with Crippen LogP contribution in [0.2, 0.25) is 0 Å². The molecule has 2 rings (SSSR count). The van der Waals surface area contributed by atoms with Crippen LogP contribution in [-0.4, -0.2) is 12.5 Å². The van der Waals surface area contributed by atoms with Gasteiger partial charge in [-0.15, -0.1) is 0 Å². The van der Waals surface area contributed by atoms with Crippen LogP contribution in [0.4, 0.5) is 17.6 Å². The second kappa shape index (κ2) is 7.64. The van der Waals surface area contributed by atoms with Gasteiger partial charge in [-0.25, -0.2) is 4.39 Å². The minimum Gasteiger partial charge on any atom is -0.345 e. The van der Waals surface area contributed by atoms with Gasteiger partial charge in [-0.05, 0) is 35.9 Å². The molecule has 0 saturated heterocycles. The summed E-state index contributed by atoms with van der Waals surface area (Å²) >= 11 is 0. The molecule has 0 aromatic heterocycles. The third-order valence-electron chi connectivity index (χ3n) is 3.07. The third kappa shape index (κ3) is 5.43. The van der Waals surface area contributed by atoms with E-state index in [-0.39, 0.29) is 30.3 Å². The van der Waals surface area contributed by atoms with Crippen LogP contribution >= 0.6 is 0 Å². The molecule has 0 fully saturated rings. The van der Waals surface area contributed by atoms with Crippen molar-refractivity contribution in [3.05, 3.63) is 71.0 Å². The predicted octanol–water partition coefficient (Wildman–Crippen LogP) is 3.55. The van der Waals surface area contributed by atoms with Crippen molar-refractivity contribution in [1.29, 1.82) is 0 Å². The molecule has 0 spiro atoms. The van der Waals surface area contributed by atoms with Gasteiger partial charge >= 0.3 is 6.18 Å². The van der Waals surface area contributed by atoms with Crippen molar-refractivity contribution in [2.75, 3.05) is 6.54 Å². The van der Waals surface area contributed by atoms with Gasteiger partial charge in [0.2, 0.25) is 5.91 Å². The van der Waals surface area contributed by atoms with Crippen molar-refractivity contribution >= 4 is 5.91 Å². The molecule has 0 radical (unpaired) electrons. The Labute approximate surface area is 136 Å². The highest BCUT2D eigenvalue weighted by atomic mass is 19.4. The van der Waals surface area contributed by atoms with Crippen LogP contribution in [-0.2, 0) is 17.4 Å². The quantitative estimate of drug-likeness (QED) is 0.674. The average Bonchev–Trinajstić information content (AvgIpc) is 2.53. The van der Waals surface area contributed by atoms with Gasteiger partial charge < -0.3 is 5.32 Å². The van der Waals surface area contributed by atoms with Crippen LogP contribution in [0.25, 0.3) is 0 Å². The number of hydrogen-bond acceptors (Lipinski definition) is 1. The van der Waals surface area contributed by atoms with Gasteiger partial charge in [-0.1, -0.05) is 30.0 Å². The van der Waals surface area contributed by atoms with Crippen molar-refractivity contribution in [2.45, 2.75) is 12.6 Å². The van der Waals surface area contributed by atoms with Crippen molar-refractivity contribution in [3.63, 3.8) is 0 Å². The highest BCUT2D eigenvalue weighted by Crippen LogP contribution is 2.29. The average molecular weight is 335 g/mol. The van der Waals surface area contributed by atoms with Crippen LogP contribution in [0.3, 0.4) is 0 Å². The smallest absolute Gasteiger partial charge is 0.345 e. The van der Waals surface area contributed by atoms with E-state index in [9.17, 15) is 22.4 Å². The summed E-state index contributed by atoms with van der Waals surface area (Å²) in [6.45, 7) is 0.0102. The van der Waals surface area contributed by atoms with E-state index in [0.717, 1.165) is 12.1 Å². The van der Waals surface area contributed by atoms with Gasteiger partial charge in [0.25, 0.3) is 0 Å². The highest BCUT2D eigenvalue weighted by Gasteiger charge is 2.30. The van der Waals surface area contributed by atoms with E-state index in [0.29, 0.717) is 5.56 Å². The van der Waals surface area contributed by atoms with Crippen molar-refractivity contribution in [2.24, 2.45) is 0 Å². The maximum absolute atomic E-state index is 12.7. The molecular weight excluding hydrogens is 322 g/mol. The number of nitrogens with one attached hydrogen (secondary N) is 1. The van der Waals surface area contributed by atoms with E-state index in [1.807, 2.05) is 0 Å². The van der Waals surface area contributed by atoms with Gasteiger partial charge in [0.05, 0.1) is 18.5 Å². The molecule has 0 unspecified atom stereocenters. The number of halogens is 4. The van der Waals surface area contributed by atoms with E-state index in [4.69, 9.17) is 0 Å². The van der Waals surface area contributed by atoms with E-state index in [1.54, 1.807) is 0 Å². The normalized spacial score (nSPS) is 10.7. The molecule has 0 aliphatic rings. The van der Waals surface area contributed by atoms with Gasteiger partial charge in [0.15, 0.2) is 0 Å². The van der Waals surface area contributed by atoms with E-state index < -0.39 is 11.7 Å². The van der Waals surface area contributed by atoms with Crippen LogP contribution in [0.1, 0.15) is 16.7 Å². The Morgan fingerprint density at radius 1 is 1.08 bits per heavy atom. The molecule has 1 N–H and O–H groups in total. The minimum atomic E-state index is -4.42. The molecule has 0 saturated carbocycles. The van der Waals surface area contributed by atoms with Crippen molar-refractivity contribution in [3.8, 4) is 11.8 Å². The minimum absolute atomic E-state index is 0.0102. The molecule has 0 bridgehead atoms. The lowest BCUT2D eigenvalue weighted by Gasteiger charge is -2.05.